The maximum absolute atomic E-state index is 13.2. The Morgan fingerprint density at radius 2 is 2.13 bits per heavy atom. The molecule has 0 spiro atoms. The van der Waals surface area contributed by atoms with Gasteiger partial charge >= 0.3 is 7.32 Å². The van der Waals surface area contributed by atoms with Gasteiger partial charge in [0.1, 0.15) is 17.1 Å². The number of fused-ring (bicyclic) bond motifs is 1. The number of hydrogen-bond acceptors (Lipinski definition) is 4. The van der Waals surface area contributed by atoms with E-state index in [1.807, 2.05) is 0 Å². The van der Waals surface area contributed by atoms with E-state index in [-0.39, 0.29) is 11.3 Å². The number of aromatic nitrogens is 1. The average molecular weight is 207 g/mol. The molecule has 2 N–H and O–H groups in total. The second kappa shape index (κ2) is 3.84. The summed E-state index contributed by atoms with van der Waals surface area (Å²) >= 11 is 0. The molecule has 2 rings (SSSR count). The Morgan fingerprint density at radius 3 is 2.87 bits per heavy atom. The maximum atomic E-state index is 13.2. The zero-order valence-corrected chi connectivity index (χ0v) is 7.59. The average Bonchev–Trinajstić information content (AvgIpc) is 2.17. The highest BCUT2D eigenvalue weighted by atomic mass is 19.1. The van der Waals surface area contributed by atoms with Crippen LogP contribution in [0.5, 0.6) is 5.75 Å². The number of halogens is 1. The minimum Gasteiger partial charge on any atom is -0.511 e. The summed E-state index contributed by atoms with van der Waals surface area (Å²) in [6, 6.07) is 5.97. The van der Waals surface area contributed by atoms with Crippen molar-refractivity contribution in [1.29, 1.82) is 0 Å². The Kier molecular flexibility index (Phi) is 2.53. The van der Waals surface area contributed by atoms with Gasteiger partial charge in [0.15, 0.2) is 0 Å². The molecule has 0 atom stereocenters. The SMILES string of the molecule is OB(O)Oc1cnc2c(F)cccc2c1. The van der Waals surface area contributed by atoms with Crippen molar-refractivity contribution < 1.29 is 19.1 Å². The van der Waals surface area contributed by atoms with Crippen molar-refractivity contribution in [2.75, 3.05) is 0 Å². The Balaban J connectivity index is 2.48. The van der Waals surface area contributed by atoms with Gasteiger partial charge in [-0.2, -0.15) is 0 Å². The van der Waals surface area contributed by atoms with Gasteiger partial charge in [0, 0.05) is 5.39 Å². The molecule has 76 valence electrons. The Morgan fingerprint density at radius 1 is 1.33 bits per heavy atom. The summed E-state index contributed by atoms with van der Waals surface area (Å²) in [5.74, 6) is -0.258. The van der Waals surface area contributed by atoms with Crippen LogP contribution in [0, 0.1) is 5.82 Å². The van der Waals surface area contributed by atoms with E-state index in [1.54, 1.807) is 12.1 Å². The molecular weight excluding hydrogens is 200 g/mol. The molecule has 2 aromatic rings. The first kappa shape index (κ1) is 9.88. The van der Waals surface area contributed by atoms with E-state index in [0.29, 0.717) is 5.39 Å². The first-order chi connectivity index (χ1) is 7.16. The van der Waals surface area contributed by atoms with Crippen LogP contribution in [-0.2, 0) is 0 Å². The molecule has 0 aliphatic rings. The van der Waals surface area contributed by atoms with Gasteiger partial charge in [-0.3, -0.25) is 0 Å². The molecule has 1 aromatic carbocycles. The fourth-order valence-corrected chi connectivity index (χ4v) is 1.29. The highest BCUT2D eigenvalue weighted by Crippen LogP contribution is 2.20. The Hall–Kier alpha value is -1.66. The van der Waals surface area contributed by atoms with E-state index < -0.39 is 13.1 Å². The standard InChI is InChI=1S/C9H7BFNO3/c11-8-3-1-2-6-4-7(15-10(13)14)5-12-9(6)8/h1-5,13-14H. The van der Waals surface area contributed by atoms with Crippen LogP contribution in [0.1, 0.15) is 0 Å². The van der Waals surface area contributed by atoms with Crippen LogP contribution in [0.15, 0.2) is 30.5 Å². The highest BCUT2D eigenvalue weighted by molar-refractivity contribution is 6.33. The van der Waals surface area contributed by atoms with Gasteiger partial charge in [-0.1, -0.05) is 12.1 Å². The van der Waals surface area contributed by atoms with E-state index in [4.69, 9.17) is 10.0 Å². The van der Waals surface area contributed by atoms with Crippen molar-refractivity contribution in [3.8, 4) is 5.75 Å². The van der Waals surface area contributed by atoms with Crippen molar-refractivity contribution in [3.05, 3.63) is 36.3 Å². The summed E-state index contributed by atoms with van der Waals surface area (Å²) in [7, 11) is -1.90. The third-order valence-corrected chi connectivity index (χ3v) is 1.88. The Labute approximate surface area is 85.1 Å². The predicted molar refractivity (Wildman–Crippen MR) is 52.5 cm³/mol. The summed E-state index contributed by atoms with van der Waals surface area (Å²) in [5.41, 5.74) is 0.220. The van der Waals surface area contributed by atoms with E-state index in [2.05, 4.69) is 9.64 Å². The quantitative estimate of drug-likeness (QED) is 0.712. The third-order valence-electron chi connectivity index (χ3n) is 1.88. The van der Waals surface area contributed by atoms with Gasteiger partial charge < -0.3 is 14.7 Å². The maximum Gasteiger partial charge on any atom is 0.707 e. The minimum atomic E-state index is -1.90. The van der Waals surface area contributed by atoms with Crippen LogP contribution in [0.4, 0.5) is 4.39 Å². The predicted octanol–water partition coefficient (Wildman–Crippen LogP) is 0.722. The van der Waals surface area contributed by atoms with Crippen LogP contribution < -0.4 is 4.65 Å². The second-order valence-corrected chi connectivity index (χ2v) is 2.93. The number of nitrogens with zero attached hydrogens (tertiary/aromatic N) is 1. The number of hydrogen-bond donors (Lipinski definition) is 2. The molecule has 1 heterocycles. The lowest BCUT2D eigenvalue weighted by Gasteiger charge is -2.05. The number of para-hydroxylation sites is 1. The molecule has 15 heavy (non-hydrogen) atoms. The normalized spacial score (nSPS) is 10.3. The largest absolute Gasteiger partial charge is 0.707 e. The summed E-state index contributed by atoms with van der Waals surface area (Å²) in [5, 5.41) is 17.7. The molecule has 0 bridgehead atoms. The van der Waals surface area contributed by atoms with Crippen LogP contribution >= 0.6 is 0 Å². The fraction of sp³-hybridized carbons (Fsp3) is 0. The molecule has 0 saturated carbocycles. The van der Waals surface area contributed by atoms with Crippen LogP contribution in [-0.4, -0.2) is 22.4 Å². The third kappa shape index (κ3) is 2.06. The van der Waals surface area contributed by atoms with E-state index in [0.717, 1.165) is 0 Å². The zero-order chi connectivity index (χ0) is 10.8. The molecule has 6 heteroatoms. The molecule has 0 saturated heterocycles. The van der Waals surface area contributed by atoms with Crippen molar-refractivity contribution in [1.82, 2.24) is 4.98 Å². The lowest BCUT2D eigenvalue weighted by molar-refractivity contribution is 0.288. The molecule has 0 aliphatic carbocycles. The lowest BCUT2D eigenvalue weighted by Crippen LogP contribution is -2.20. The summed E-state index contributed by atoms with van der Waals surface area (Å²) < 4.78 is 17.8. The van der Waals surface area contributed by atoms with Gasteiger partial charge in [0.25, 0.3) is 0 Å². The first-order valence-electron chi connectivity index (χ1n) is 4.24. The van der Waals surface area contributed by atoms with Crippen molar-refractivity contribution in [3.63, 3.8) is 0 Å². The first-order valence-corrected chi connectivity index (χ1v) is 4.24. The van der Waals surface area contributed by atoms with Gasteiger partial charge in [-0.05, 0) is 12.1 Å². The Bertz CT molecular complexity index is 492. The van der Waals surface area contributed by atoms with Crippen molar-refractivity contribution in [2.24, 2.45) is 0 Å². The summed E-state index contributed by atoms with van der Waals surface area (Å²) in [6.45, 7) is 0. The highest BCUT2D eigenvalue weighted by Gasteiger charge is 2.12. The van der Waals surface area contributed by atoms with E-state index in [9.17, 15) is 4.39 Å². The lowest BCUT2D eigenvalue weighted by atomic mass is 10.2. The number of pyridine rings is 1. The summed E-state index contributed by atoms with van der Waals surface area (Å²) in [4.78, 5) is 3.81. The van der Waals surface area contributed by atoms with Gasteiger partial charge in [-0.15, -0.1) is 0 Å². The van der Waals surface area contributed by atoms with Crippen molar-refractivity contribution >= 4 is 18.2 Å². The van der Waals surface area contributed by atoms with Crippen LogP contribution in [0.3, 0.4) is 0 Å². The van der Waals surface area contributed by atoms with Crippen molar-refractivity contribution in [2.45, 2.75) is 0 Å². The van der Waals surface area contributed by atoms with E-state index >= 15 is 0 Å². The number of rotatable bonds is 2. The number of benzene rings is 1. The zero-order valence-electron chi connectivity index (χ0n) is 7.59. The molecule has 1 aromatic heterocycles. The topological polar surface area (TPSA) is 62.6 Å². The molecule has 0 aliphatic heterocycles. The van der Waals surface area contributed by atoms with Crippen LogP contribution in [0.25, 0.3) is 10.9 Å². The van der Waals surface area contributed by atoms with Gasteiger partial charge in [-0.25, -0.2) is 9.37 Å². The molecule has 4 nitrogen and oxygen atoms in total. The monoisotopic (exact) mass is 207 g/mol. The molecule has 0 amide bonds. The minimum absolute atomic E-state index is 0.170. The second-order valence-electron chi connectivity index (χ2n) is 2.93. The fourth-order valence-electron chi connectivity index (χ4n) is 1.29. The molecule has 0 unspecified atom stereocenters. The van der Waals surface area contributed by atoms with Crippen LogP contribution in [0.2, 0.25) is 0 Å². The molecular formula is C9H7BFNO3. The summed E-state index contributed by atoms with van der Waals surface area (Å²) in [6.07, 6.45) is 1.23. The molecule has 0 radical (unpaired) electrons. The molecule has 0 fully saturated rings. The van der Waals surface area contributed by atoms with Gasteiger partial charge in [0.05, 0.1) is 6.20 Å². The van der Waals surface area contributed by atoms with E-state index in [1.165, 1.54) is 18.3 Å². The van der Waals surface area contributed by atoms with Gasteiger partial charge in [0.2, 0.25) is 0 Å². The smallest absolute Gasteiger partial charge is 0.511 e.